The molecule has 0 bridgehead atoms. The van der Waals surface area contributed by atoms with E-state index in [4.69, 9.17) is 4.74 Å². The minimum atomic E-state index is 0.198. The summed E-state index contributed by atoms with van der Waals surface area (Å²) >= 11 is 0. The summed E-state index contributed by atoms with van der Waals surface area (Å²) in [6, 6.07) is 15.7. The number of piperidine rings is 1. The number of hydrogen-bond acceptors (Lipinski definition) is 2. The number of rotatable bonds is 2. The van der Waals surface area contributed by atoms with Gasteiger partial charge in [0.1, 0.15) is 5.75 Å². The van der Waals surface area contributed by atoms with E-state index in [1.54, 1.807) is 12.7 Å². The monoisotopic (exact) mass is 360 g/mol. The maximum absolute atomic E-state index is 5.56. The fourth-order valence-electron chi connectivity index (χ4n) is 5.52. The molecule has 5 rings (SSSR count). The minimum Gasteiger partial charge on any atom is -0.497 e. The van der Waals surface area contributed by atoms with E-state index in [9.17, 15) is 0 Å². The number of benzene rings is 2. The van der Waals surface area contributed by atoms with E-state index in [0.717, 1.165) is 31.7 Å². The second-order valence-corrected chi connectivity index (χ2v) is 8.61. The van der Waals surface area contributed by atoms with Crippen LogP contribution in [0.3, 0.4) is 0 Å². The van der Waals surface area contributed by atoms with Crippen molar-refractivity contribution in [2.24, 2.45) is 5.92 Å². The van der Waals surface area contributed by atoms with Crippen LogP contribution in [-0.4, -0.2) is 37.1 Å². The maximum atomic E-state index is 5.56. The first-order valence-electron chi connectivity index (χ1n) is 10.0. The lowest BCUT2D eigenvalue weighted by molar-refractivity contribution is 0.0994. The molecule has 0 saturated carbocycles. The van der Waals surface area contributed by atoms with E-state index in [1.807, 2.05) is 0 Å². The van der Waals surface area contributed by atoms with Crippen LogP contribution in [-0.2, 0) is 18.3 Å². The number of fused-ring (bicyclic) bond motifs is 4. The first kappa shape index (κ1) is 16.9. The van der Waals surface area contributed by atoms with Gasteiger partial charge in [-0.15, -0.1) is 0 Å². The smallest absolute Gasteiger partial charge is 0.119 e. The summed E-state index contributed by atoms with van der Waals surface area (Å²) in [5.41, 5.74) is 7.25. The maximum Gasteiger partial charge on any atom is 0.119 e. The third-order valence-electron chi connectivity index (χ3n) is 6.99. The Hall–Kier alpha value is -2.26. The molecule has 0 spiro atoms. The van der Waals surface area contributed by atoms with Crippen molar-refractivity contribution >= 4 is 10.9 Å². The predicted octanol–water partition coefficient (Wildman–Crippen LogP) is 4.47. The molecule has 3 aromatic rings. The number of nitrogens with zero attached hydrogens (tertiary/aromatic N) is 1. The lowest BCUT2D eigenvalue weighted by Crippen LogP contribution is -2.52. The number of ether oxygens (including phenoxy) is 1. The molecule has 3 nitrogen and oxygen atoms in total. The van der Waals surface area contributed by atoms with Crippen LogP contribution in [0.2, 0.25) is 0 Å². The molecule has 140 valence electrons. The molecule has 27 heavy (non-hydrogen) atoms. The van der Waals surface area contributed by atoms with Gasteiger partial charge in [-0.3, -0.25) is 0 Å². The first-order valence-corrected chi connectivity index (χ1v) is 10.0. The average Bonchev–Trinajstić information content (AvgIpc) is 3.02. The summed E-state index contributed by atoms with van der Waals surface area (Å²) in [5.74, 6) is 1.61. The minimum absolute atomic E-state index is 0.198. The van der Waals surface area contributed by atoms with Gasteiger partial charge in [0, 0.05) is 28.6 Å². The zero-order valence-electron chi connectivity index (χ0n) is 16.5. The normalized spacial score (nSPS) is 25.2. The predicted molar refractivity (Wildman–Crippen MR) is 111 cm³/mol. The highest BCUT2D eigenvalue weighted by Crippen LogP contribution is 2.49. The van der Waals surface area contributed by atoms with E-state index < -0.39 is 0 Å². The molecule has 1 N–H and O–H groups in total. The molecular weight excluding hydrogens is 332 g/mol. The quantitative estimate of drug-likeness (QED) is 0.730. The van der Waals surface area contributed by atoms with E-state index in [1.165, 1.54) is 34.1 Å². The van der Waals surface area contributed by atoms with Crippen molar-refractivity contribution in [1.29, 1.82) is 0 Å². The highest BCUT2D eigenvalue weighted by molar-refractivity contribution is 5.85. The fraction of sp³-hybridized carbons (Fsp3) is 0.417. The van der Waals surface area contributed by atoms with Crippen LogP contribution in [0.4, 0.5) is 0 Å². The van der Waals surface area contributed by atoms with Crippen molar-refractivity contribution in [1.82, 2.24) is 9.88 Å². The topological polar surface area (TPSA) is 28.3 Å². The van der Waals surface area contributed by atoms with Crippen LogP contribution in [0.1, 0.15) is 28.8 Å². The number of aromatic nitrogens is 1. The van der Waals surface area contributed by atoms with Crippen molar-refractivity contribution in [3.8, 4) is 5.75 Å². The number of aromatic amines is 1. The molecule has 2 unspecified atom stereocenters. The second-order valence-electron chi connectivity index (χ2n) is 8.61. The number of nitrogens with one attached hydrogen (secondary N) is 1. The van der Waals surface area contributed by atoms with Crippen molar-refractivity contribution in [2.75, 3.05) is 27.2 Å². The summed E-state index contributed by atoms with van der Waals surface area (Å²) in [4.78, 5) is 6.29. The number of hydrogen-bond donors (Lipinski definition) is 1. The van der Waals surface area contributed by atoms with Gasteiger partial charge in [-0.1, -0.05) is 24.3 Å². The molecule has 1 fully saturated rings. The Balaban J connectivity index is 1.66. The van der Waals surface area contributed by atoms with Crippen LogP contribution in [0, 0.1) is 12.8 Å². The Labute approximate surface area is 161 Å². The van der Waals surface area contributed by atoms with E-state index in [-0.39, 0.29) is 5.41 Å². The van der Waals surface area contributed by atoms with Crippen molar-refractivity contribution in [3.63, 3.8) is 0 Å². The van der Waals surface area contributed by atoms with Crippen LogP contribution in [0.5, 0.6) is 5.75 Å². The summed E-state index contributed by atoms with van der Waals surface area (Å²) in [5, 5.41) is 1.42. The molecule has 0 radical (unpaired) electrons. The Bertz CT molecular complexity index is 1000. The molecule has 1 aliphatic heterocycles. The number of likely N-dealkylation sites (tertiary alicyclic amines) is 1. The summed E-state index contributed by atoms with van der Waals surface area (Å²) in [6.07, 6.45) is 3.46. The molecule has 2 aliphatic rings. The van der Waals surface area contributed by atoms with E-state index in [2.05, 4.69) is 66.3 Å². The standard InChI is InChI=1S/C24H28N2O/c1-16-7-8-20-21-13-18-15-26(2)10-9-24(18,14-23(21)25-22(20)11-16)17-5-4-6-19(12-17)27-3/h4-8,11-12,18,25H,9-10,13-15H2,1-3H3. The molecule has 1 aliphatic carbocycles. The molecule has 1 aromatic heterocycles. The van der Waals surface area contributed by atoms with Gasteiger partial charge in [-0.25, -0.2) is 0 Å². The number of H-pyrrole nitrogens is 1. The Morgan fingerprint density at radius 2 is 2.07 bits per heavy atom. The van der Waals surface area contributed by atoms with Gasteiger partial charge in [-0.2, -0.15) is 0 Å². The first-order chi connectivity index (χ1) is 13.1. The summed E-state index contributed by atoms with van der Waals surface area (Å²) < 4.78 is 5.56. The largest absolute Gasteiger partial charge is 0.497 e. The summed E-state index contributed by atoms with van der Waals surface area (Å²) in [6.45, 7) is 4.49. The van der Waals surface area contributed by atoms with Gasteiger partial charge in [-0.05, 0) is 80.6 Å². The molecule has 1 saturated heterocycles. The van der Waals surface area contributed by atoms with Gasteiger partial charge in [0.05, 0.1) is 7.11 Å². The van der Waals surface area contributed by atoms with Gasteiger partial charge in [0.25, 0.3) is 0 Å². The average molecular weight is 361 g/mol. The van der Waals surface area contributed by atoms with E-state index in [0.29, 0.717) is 5.92 Å². The molecule has 2 aromatic carbocycles. The zero-order chi connectivity index (χ0) is 18.6. The Kier molecular flexibility index (Phi) is 3.83. The third kappa shape index (κ3) is 2.60. The molecule has 0 amide bonds. The lowest BCUT2D eigenvalue weighted by Gasteiger charge is -2.50. The fourth-order valence-corrected chi connectivity index (χ4v) is 5.52. The number of aryl methyl sites for hydroxylation is 1. The highest BCUT2D eigenvalue weighted by atomic mass is 16.5. The van der Waals surface area contributed by atoms with Crippen LogP contribution in [0.25, 0.3) is 10.9 Å². The zero-order valence-corrected chi connectivity index (χ0v) is 16.5. The van der Waals surface area contributed by atoms with Gasteiger partial charge >= 0.3 is 0 Å². The Morgan fingerprint density at radius 3 is 2.93 bits per heavy atom. The van der Waals surface area contributed by atoms with Crippen LogP contribution >= 0.6 is 0 Å². The van der Waals surface area contributed by atoms with E-state index >= 15 is 0 Å². The van der Waals surface area contributed by atoms with Crippen LogP contribution < -0.4 is 4.74 Å². The molecule has 3 heteroatoms. The summed E-state index contributed by atoms with van der Waals surface area (Å²) in [7, 11) is 4.03. The van der Waals surface area contributed by atoms with Gasteiger partial charge in [0.15, 0.2) is 0 Å². The molecule has 2 atom stereocenters. The Morgan fingerprint density at radius 1 is 1.19 bits per heavy atom. The van der Waals surface area contributed by atoms with Crippen molar-refractivity contribution in [3.05, 3.63) is 64.8 Å². The SMILES string of the molecule is COc1cccc(C23CCN(C)CC2Cc2c([nH]c4cc(C)ccc24)C3)c1. The lowest BCUT2D eigenvalue weighted by atomic mass is 9.59. The molecule has 2 heterocycles. The third-order valence-corrected chi connectivity index (χ3v) is 6.99. The van der Waals surface area contributed by atoms with Gasteiger partial charge in [0.2, 0.25) is 0 Å². The van der Waals surface area contributed by atoms with Gasteiger partial charge < -0.3 is 14.6 Å². The van der Waals surface area contributed by atoms with Crippen molar-refractivity contribution in [2.45, 2.75) is 31.6 Å². The van der Waals surface area contributed by atoms with Crippen LogP contribution in [0.15, 0.2) is 42.5 Å². The number of methoxy groups -OCH3 is 1. The second kappa shape index (κ2) is 6.13. The van der Waals surface area contributed by atoms with Crippen molar-refractivity contribution < 1.29 is 4.74 Å². The molecular formula is C24H28N2O. The highest BCUT2D eigenvalue weighted by Gasteiger charge is 2.47.